The van der Waals surface area contributed by atoms with Crippen molar-refractivity contribution in [1.82, 2.24) is 10.6 Å². The molecule has 0 aliphatic carbocycles. The van der Waals surface area contributed by atoms with Crippen molar-refractivity contribution >= 4 is 45.9 Å². The van der Waals surface area contributed by atoms with Gasteiger partial charge in [0.05, 0.1) is 6.42 Å². The Kier molecular flexibility index (Phi) is 25.3. The van der Waals surface area contributed by atoms with Crippen LogP contribution in [0.4, 0.5) is 0 Å². The SMILES string of the molecule is Br.Br.C.C.O=C(C[C]1CCCNCCC(CC(=O)OCc2ccccc2)CCCNCC1)OCc1ccccc1. The molecule has 1 unspecified atom stereocenters. The highest BCUT2D eigenvalue weighted by molar-refractivity contribution is 8.93. The van der Waals surface area contributed by atoms with Crippen LogP contribution in [0.25, 0.3) is 0 Å². The maximum atomic E-state index is 12.4. The van der Waals surface area contributed by atoms with Crippen molar-refractivity contribution in [1.29, 1.82) is 0 Å². The van der Waals surface area contributed by atoms with Crippen molar-refractivity contribution in [3.63, 3.8) is 0 Å². The summed E-state index contributed by atoms with van der Waals surface area (Å²) in [7, 11) is 0. The summed E-state index contributed by atoms with van der Waals surface area (Å²) in [6, 6.07) is 19.6. The highest BCUT2D eigenvalue weighted by atomic mass is 79.9. The topological polar surface area (TPSA) is 76.7 Å². The number of carbonyl (C=O) groups is 2. The lowest BCUT2D eigenvalue weighted by Crippen LogP contribution is -2.25. The molecule has 0 amide bonds. The van der Waals surface area contributed by atoms with Crippen molar-refractivity contribution in [2.24, 2.45) is 5.92 Å². The Hall–Kier alpha value is -1.74. The predicted molar refractivity (Wildman–Crippen MR) is 176 cm³/mol. The second-order valence-electron chi connectivity index (χ2n) is 9.57. The van der Waals surface area contributed by atoms with E-state index >= 15 is 0 Å². The molecule has 1 saturated heterocycles. The Morgan fingerprint density at radius 3 is 1.85 bits per heavy atom. The maximum Gasteiger partial charge on any atom is 0.306 e. The number of esters is 2. The molecule has 2 aromatic carbocycles. The second-order valence-corrected chi connectivity index (χ2v) is 9.57. The van der Waals surface area contributed by atoms with E-state index in [4.69, 9.17) is 9.47 Å². The third-order valence-corrected chi connectivity index (χ3v) is 6.57. The van der Waals surface area contributed by atoms with Crippen molar-refractivity contribution in [3.8, 4) is 0 Å². The molecular weight excluding hydrogens is 636 g/mol. The third-order valence-electron chi connectivity index (χ3n) is 6.57. The van der Waals surface area contributed by atoms with Gasteiger partial charge < -0.3 is 20.1 Å². The average Bonchev–Trinajstić information content (AvgIpc) is 2.90. The van der Waals surface area contributed by atoms with E-state index in [1.807, 2.05) is 60.7 Å². The minimum atomic E-state index is -0.148. The summed E-state index contributed by atoms with van der Waals surface area (Å²) in [5, 5.41) is 7.04. The van der Waals surface area contributed by atoms with Crippen LogP contribution in [0.1, 0.15) is 77.3 Å². The molecule has 1 aliphatic rings. The Bertz CT molecular complexity index is 797. The summed E-state index contributed by atoms with van der Waals surface area (Å²) in [5.74, 6) is 1.31. The van der Waals surface area contributed by atoms with Gasteiger partial charge in [-0.25, -0.2) is 0 Å². The van der Waals surface area contributed by atoms with Gasteiger partial charge in [-0.05, 0) is 87.7 Å². The number of ether oxygens (including phenoxy) is 2. The van der Waals surface area contributed by atoms with Crippen molar-refractivity contribution in [2.45, 2.75) is 79.4 Å². The van der Waals surface area contributed by atoms with Gasteiger partial charge in [-0.15, -0.1) is 34.0 Å². The monoisotopic (exact) mass is 685 g/mol. The molecule has 227 valence electrons. The first-order chi connectivity index (χ1) is 17.7. The number of hydrogen-bond acceptors (Lipinski definition) is 6. The van der Waals surface area contributed by atoms with E-state index in [2.05, 4.69) is 10.6 Å². The lowest BCUT2D eigenvalue weighted by atomic mass is 9.94. The second kappa shape index (κ2) is 25.0. The van der Waals surface area contributed by atoms with Gasteiger partial charge in [0.25, 0.3) is 0 Å². The van der Waals surface area contributed by atoms with Crippen LogP contribution in [0.3, 0.4) is 0 Å². The van der Waals surface area contributed by atoms with E-state index in [0.29, 0.717) is 32.0 Å². The fourth-order valence-corrected chi connectivity index (χ4v) is 4.48. The summed E-state index contributed by atoms with van der Waals surface area (Å²) in [4.78, 5) is 24.8. The smallest absolute Gasteiger partial charge is 0.306 e. The molecule has 8 heteroatoms. The summed E-state index contributed by atoms with van der Waals surface area (Å²) >= 11 is 0. The fraction of sp³-hybridized carbons (Fsp3) is 0.531. The molecule has 40 heavy (non-hydrogen) atoms. The highest BCUT2D eigenvalue weighted by Crippen LogP contribution is 2.20. The Morgan fingerprint density at radius 1 is 0.675 bits per heavy atom. The molecule has 1 heterocycles. The van der Waals surface area contributed by atoms with Gasteiger partial charge in [0.15, 0.2) is 0 Å². The van der Waals surface area contributed by atoms with Crippen LogP contribution in [0.2, 0.25) is 0 Å². The summed E-state index contributed by atoms with van der Waals surface area (Å²) in [6.07, 6.45) is 6.63. The van der Waals surface area contributed by atoms with E-state index in [1.165, 1.54) is 5.92 Å². The molecule has 2 aromatic rings. The van der Waals surface area contributed by atoms with Crippen LogP contribution in [-0.2, 0) is 32.3 Å². The number of rotatable bonds is 8. The fourth-order valence-electron chi connectivity index (χ4n) is 4.48. The van der Waals surface area contributed by atoms with Crippen molar-refractivity contribution < 1.29 is 19.1 Å². The molecule has 1 fully saturated rings. The van der Waals surface area contributed by atoms with Crippen LogP contribution in [0.15, 0.2) is 60.7 Å². The molecular formula is C32H51Br2N2O4. The van der Waals surface area contributed by atoms with Gasteiger partial charge in [0, 0.05) is 6.42 Å². The first-order valence-electron chi connectivity index (χ1n) is 13.3. The van der Waals surface area contributed by atoms with E-state index in [1.54, 1.807) is 0 Å². The van der Waals surface area contributed by atoms with E-state index in [9.17, 15) is 9.59 Å². The Labute approximate surface area is 263 Å². The largest absolute Gasteiger partial charge is 0.461 e. The minimum absolute atomic E-state index is 0. The average molecular weight is 688 g/mol. The lowest BCUT2D eigenvalue weighted by Gasteiger charge is -2.20. The Morgan fingerprint density at radius 2 is 1.23 bits per heavy atom. The molecule has 1 aliphatic heterocycles. The molecule has 0 spiro atoms. The highest BCUT2D eigenvalue weighted by Gasteiger charge is 2.18. The van der Waals surface area contributed by atoms with Gasteiger partial charge in [-0.2, -0.15) is 0 Å². The number of nitrogens with one attached hydrogen (secondary N) is 2. The van der Waals surface area contributed by atoms with E-state index < -0.39 is 0 Å². The third kappa shape index (κ3) is 17.8. The van der Waals surface area contributed by atoms with Crippen LogP contribution >= 0.6 is 34.0 Å². The van der Waals surface area contributed by atoms with Crippen molar-refractivity contribution in [2.75, 3.05) is 26.2 Å². The first-order valence-corrected chi connectivity index (χ1v) is 13.3. The molecule has 0 aromatic heterocycles. The standard InChI is InChI=1S/C30H41N2O4.2CH4.2BrH/c33-29(35-23-27-9-3-1-4-10-27)21-25-13-7-17-32-20-16-26(14-8-18-31-19-15-25)22-30(34)36-24-28-11-5-2-6-12-28;;;;/h1-6,9-12,25,31-32H,7-8,13-24H2;2*1H4;2*1H. The van der Waals surface area contributed by atoms with E-state index in [0.717, 1.165) is 75.8 Å². The molecule has 1 atom stereocenters. The molecule has 2 N–H and O–H groups in total. The molecule has 0 saturated carbocycles. The maximum absolute atomic E-state index is 12.4. The normalized spacial score (nSPS) is 16.8. The molecule has 0 bridgehead atoms. The van der Waals surface area contributed by atoms with Crippen LogP contribution in [-0.4, -0.2) is 38.1 Å². The lowest BCUT2D eigenvalue weighted by molar-refractivity contribution is -0.146. The number of benzene rings is 2. The summed E-state index contributed by atoms with van der Waals surface area (Å²) < 4.78 is 11.0. The molecule has 1 radical (unpaired) electrons. The predicted octanol–water partition coefficient (Wildman–Crippen LogP) is 7.41. The van der Waals surface area contributed by atoms with Crippen LogP contribution in [0.5, 0.6) is 0 Å². The van der Waals surface area contributed by atoms with Crippen LogP contribution in [0, 0.1) is 11.8 Å². The first kappa shape index (κ1) is 40.4. The summed E-state index contributed by atoms with van der Waals surface area (Å²) in [5.41, 5.74) is 2.03. The van der Waals surface area contributed by atoms with Crippen LogP contribution < -0.4 is 10.6 Å². The zero-order valence-electron chi connectivity index (χ0n) is 22.2. The van der Waals surface area contributed by atoms with Crippen molar-refractivity contribution in [3.05, 3.63) is 77.7 Å². The van der Waals surface area contributed by atoms with Gasteiger partial charge in [-0.3, -0.25) is 9.59 Å². The van der Waals surface area contributed by atoms with Gasteiger partial charge in [-0.1, -0.05) is 75.5 Å². The Balaban J connectivity index is 0. The minimum Gasteiger partial charge on any atom is -0.461 e. The van der Waals surface area contributed by atoms with Gasteiger partial charge >= 0.3 is 11.9 Å². The molecule has 6 nitrogen and oxygen atoms in total. The number of hydrogen-bond donors (Lipinski definition) is 2. The van der Waals surface area contributed by atoms with Gasteiger partial charge in [0.1, 0.15) is 13.2 Å². The zero-order chi connectivity index (χ0) is 25.3. The zero-order valence-corrected chi connectivity index (χ0v) is 25.6. The quantitative estimate of drug-likeness (QED) is 0.282. The van der Waals surface area contributed by atoms with E-state index in [-0.39, 0.29) is 60.8 Å². The number of carbonyl (C=O) groups excluding carboxylic acids is 2. The van der Waals surface area contributed by atoms with Gasteiger partial charge in [0.2, 0.25) is 0 Å². The number of halogens is 2. The molecule has 3 rings (SSSR count). The summed E-state index contributed by atoms with van der Waals surface area (Å²) in [6.45, 7) is 4.23.